The number of hydrogen-bond acceptors (Lipinski definition) is 26. The zero-order valence-electron chi connectivity index (χ0n) is 84.4. The molecule has 4 heterocycles. The Morgan fingerprint density at radius 1 is 0.385 bits per heavy atom. The second-order valence-corrected chi connectivity index (χ2v) is 37.4. The summed E-state index contributed by atoms with van der Waals surface area (Å²) in [5, 5.41) is 8.70. The molecule has 0 bridgehead atoms. The monoisotopic (exact) mass is 1900 g/mol. The molecule has 3 aromatic carbocycles. The Balaban J connectivity index is 0.908. The third kappa shape index (κ3) is 40.8. The van der Waals surface area contributed by atoms with Gasteiger partial charge < -0.3 is 116 Å². The lowest BCUT2D eigenvalue weighted by Crippen LogP contribution is -2.45. The van der Waals surface area contributed by atoms with Crippen molar-refractivity contribution < 1.29 is 124 Å². The summed E-state index contributed by atoms with van der Waals surface area (Å²) in [6, 6.07) is 25.0. The number of ketones is 2. The van der Waals surface area contributed by atoms with Gasteiger partial charge in [-0.05, 0) is 115 Å². The average Bonchev–Trinajstić information content (AvgIpc) is 1.39. The number of unbranched alkanes of at least 4 members (excludes halogenated alkanes) is 7. The number of Topliss-reactive ketones (excluding diaryl/α,β-unsaturated/α-hetero) is 2. The van der Waals surface area contributed by atoms with Crippen LogP contribution in [0, 0.1) is 58.7 Å². The number of hydrogen-bond donors (Lipinski definition) is 3. The Kier molecular flexibility index (Phi) is 55.8. The summed E-state index contributed by atoms with van der Waals surface area (Å²) < 4.78 is 115. The highest BCUT2D eigenvalue weighted by atomic mass is 16.7. The van der Waals surface area contributed by atoms with E-state index < -0.39 is 29.1 Å². The van der Waals surface area contributed by atoms with Crippen LogP contribution in [0.5, 0.6) is 11.5 Å². The predicted octanol–water partition coefficient (Wildman–Crippen LogP) is 14.6. The summed E-state index contributed by atoms with van der Waals surface area (Å²) in [6.07, 6.45) is 9.45. The molecule has 17 atom stereocenters. The lowest BCUT2D eigenvalue weighted by molar-refractivity contribution is -0.251. The van der Waals surface area contributed by atoms with Crippen LogP contribution in [0.4, 0.5) is 0 Å². The summed E-state index contributed by atoms with van der Waals surface area (Å²) in [4.78, 5) is 95.6. The predicted molar refractivity (Wildman–Crippen MR) is 514 cm³/mol. The molecule has 7 unspecified atom stereocenters. The summed E-state index contributed by atoms with van der Waals surface area (Å²) >= 11 is 0. The Morgan fingerprint density at radius 3 is 1.11 bits per heavy atom. The highest BCUT2D eigenvalue weighted by Gasteiger charge is 2.46. The molecule has 4 fully saturated rings. The van der Waals surface area contributed by atoms with E-state index in [2.05, 4.69) is 99.0 Å². The van der Waals surface area contributed by atoms with E-state index in [0.717, 1.165) is 74.5 Å². The number of methoxy groups -OCH3 is 2. The highest BCUT2D eigenvalue weighted by Crippen LogP contribution is 2.44. The summed E-state index contributed by atoms with van der Waals surface area (Å²) in [5.74, 6) is 3.56. The van der Waals surface area contributed by atoms with E-state index in [1.54, 1.807) is 19.1 Å². The van der Waals surface area contributed by atoms with Crippen molar-refractivity contribution in [2.75, 3.05) is 186 Å². The molecule has 135 heavy (non-hydrogen) atoms. The molecule has 3 N–H and O–H groups in total. The maximum atomic E-state index is 14.5. The molecule has 4 amide bonds. The van der Waals surface area contributed by atoms with Gasteiger partial charge in [0, 0.05) is 94.2 Å². The number of nitrogens with zero attached hydrogens (tertiary/aromatic N) is 1. The van der Waals surface area contributed by atoms with Crippen LogP contribution in [0.2, 0.25) is 0 Å². The number of rotatable bonds is 73. The van der Waals surface area contributed by atoms with Crippen molar-refractivity contribution >= 4 is 41.2 Å². The molecule has 4 aliphatic heterocycles. The lowest BCUT2D eigenvalue weighted by Gasteiger charge is -2.43. The minimum absolute atomic E-state index is 0.00305. The standard InChI is InChI=1S/C105H170N4O26/c1-16-93-79(8)76(5)82(11)101(133-93)128-65-62-122-59-56-119-53-47-106-96(112)44-50-125-72-104(73-126-51-45-97(113)107-48-54-120-57-60-123-63-66-129-102-83(12)77(6)80(9)94(17-2)134-102,74-127-52-46-98(114)108-49-55-121-58-61-124-64-67-130-103-84(13)78(7)81(10)95(18-3)135-103)69-89(111)32-28-23-21-19-20-22-24-29-33-99(115)109-70-92(132-100(116)43-34-75(4)110)68-88(109)71-131-105(85-30-26-25-27-31-85,86-35-39-90(117-14)40-36-86)87-37-41-91(118-15)42-38-87/h25-27,30-31,35-42,76-84,88,92-95,101-103H,16-24,28-29,32-34,43-74H2,1-15H3,(H,106,112)(H,107,113)(H,108,114)/t76-,77-,78-,79-,80-,81-,82?,83?,84?,88-,92?,93?,94?,95?,101-,102-,103-,104?/m0/s1. The molecule has 4 aliphatic rings. The van der Waals surface area contributed by atoms with Gasteiger partial charge in [-0.1, -0.05) is 176 Å². The van der Waals surface area contributed by atoms with Crippen LogP contribution in [-0.4, -0.2) is 281 Å². The third-order valence-corrected chi connectivity index (χ3v) is 27.7. The van der Waals surface area contributed by atoms with Gasteiger partial charge in [0.25, 0.3) is 0 Å². The molecule has 766 valence electrons. The van der Waals surface area contributed by atoms with Crippen molar-refractivity contribution in [1.82, 2.24) is 20.9 Å². The van der Waals surface area contributed by atoms with Gasteiger partial charge in [0.15, 0.2) is 18.9 Å². The molecule has 7 rings (SSSR count). The molecule has 4 saturated heterocycles. The Morgan fingerprint density at radius 2 is 0.741 bits per heavy atom. The van der Waals surface area contributed by atoms with Crippen LogP contribution in [-0.2, 0) is 120 Å². The molecule has 0 saturated carbocycles. The number of esters is 1. The number of benzene rings is 3. The summed E-state index contributed by atoms with van der Waals surface area (Å²) in [5.41, 5.74) is 0.301. The fourth-order valence-electron chi connectivity index (χ4n) is 18.3. The lowest BCUT2D eigenvalue weighted by atomic mass is 9.78. The number of nitrogens with one attached hydrogen (secondary N) is 3. The van der Waals surface area contributed by atoms with E-state index in [-0.39, 0.29) is 234 Å². The molecule has 0 radical (unpaired) electrons. The summed E-state index contributed by atoms with van der Waals surface area (Å²) in [6.45, 7) is 34.3. The first-order chi connectivity index (χ1) is 65.3. The van der Waals surface area contributed by atoms with Gasteiger partial charge in [0.2, 0.25) is 23.6 Å². The first-order valence-corrected chi connectivity index (χ1v) is 50.6. The van der Waals surface area contributed by atoms with E-state index >= 15 is 0 Å². The number of carbonyl (C=O) groups is 7. The van der Waals surface area contributed by atoms with E-state index in [0.29, 0.717) is 146 Å². The molecule has 30 nitrogen and oxygen atoms in total. The van der Waals surface area contributed by atoms with Crippen LogP contribution in [0.15, 0.2) is 78.9 Å². The van der Waals surface area contributed by atoms with Gasteiger partial charge in [-0.2, -0.15) is 0 Å². The zero-order chi connectivity index (χ0) is 97.6. The smallest absolute Gasteiger partial charge is 0.306 e. The van der Waals surface area contributed by atoms with Crippen molar-refractivity contribution in [3.8, 4) is 11.5 Å². The first-order valence-electron chi connectivity index (χ1n) is 50.6. The second-order valence-electron chi connectivity index (χ2n) is 37.4. The van der Waals surface area contributed by atoms with Crippen molar-refractivity contribution in [2.24, 2.45) is 58.7 Å². The van der Waals surface area contributed by atoms with E-state index in [4.69, 9.17) is 90.0 Å². The van der Waals surface area contributed by atoms with E-state index in [1.165, 1.54) is 6.92 Å². The van der Waals surface area contributed by atoms with Crippen molar-refractivity contribution in [1.29, 1.82) is 0 Å². The van der Waals surface area contributed by atoms with Crippen molar-refractivity contribution in [3.63, 3.8) is 0 Å². The molecule has 30 heteroatoms. The van der Waals surface area contributed by atoms with Gasteiger partial charge in [-0.3, -0.25) is 28.8 Å². The number of amides is 4. The zero-order valence-corrected chi connectivity index (χ0v) is 84.4. The molecule has 0 aliphatic carbocycles. The SMILES string of the molecule is CCC1O[C@H](OCCOCCOCCNC(=O)CCOCC(COCCC(=O)NCCOCCOCCO[C@H]2OC(CC)[C@@H](C)[C@H](C)C2C)(COCCC(=O)NCCOCCOCCO[C@H]2OC(CC)[C@@H](C)[C@H](C)C2C)CC(=O)CCCCCCCCCCC(=O)N2CC(OC(=O)CCC(C)=O)C[C@H]2COC(c2ccccc2)(c2ccc(OC)cc2)c2ccc(OC)cc2)C(C)[C@@H](C)[C@@H]1C. The number of likely N-dealkylation sites (tertiary alicyclic amines) is 1. The topological polar surface area (TPSA) is 334 Å². The normalized spacial score (nSPS) is 24.1. The fraction of sp³-hybridized carbons (Fsp3) is 0.762. The van der Waals surface area contributed by atoms with E-state index in [1.807, 2.05) is 78.9 Å². The largest absolute Gasteiger partial charge is 0.497 e. The molecule has 0 spiro atoms. The minimum atomic E-state index is -1.15. The van der Waals surface area contributed by atoms with Crippen LogP contribution in [0.3, 0.4) is 0 Å². The van der Waals surface area contributed by atoms with Crippen LogP contribution >= 0.6 is 0 Å². The fourth-order valence-corrected chi connectivity index (χ4v) is 18.3. The van der Waals surface area contributed by atoms with Gasteiger partial charge in [0.1, 0.15) is 34.8 Å². The van der Waals surface area contributed by atoms with Crippen molar-refractivity contribution in [2.45, 2.75) is 273 Å². The van der Waals surface area contributed by atoms with Crippen molar-refractivity contribution in [3.05, 3.63) is 95.6 Å². The Hall–Kier alpha value is -6.69. The second kappa shape index (κ2) is 65.3. The maximum Gasteiger partial charge on any atom is 0.306 e. The van der Waals surface area contributed by atoms with Crippen LogP contribution in [0.25, 0.3) is 0 Å². The first kappa shape index (κ1) is 115. The summed E-state index contributed by atoms with van der Waals surface area (Å²) in [7, 11) is 3.24. The molecular weight excluding hydrogens is 1730 g/mol. The quantitative estimate of drug-likeness (QED) is 0.0268. The molecule has 3 aromatic rings. The van der Waals surface area contributed by atoms with Gasteiger partial charge in [-0.25, -0.2) is 0 Å². The number of carbonyl (C=O) groups excluding carboxylic acids is 7. The molecule has 0 aromatic heterocycles. The van der Waals surface area contributed by atoms with Gasteiger partial charge in [0.05, 0.1) is 197 Å². The van der Waals surface area contributed by atoms with E-state index in [9.17, 15) is 33.6 Å². The van der Waals surface area contributed by atoms with Gasteiger partial charge >= 0.3 is 5.97 Å². The third-order valence-electron chi connectivity index (χ3n) is 27.7. The van der Waals surface area contributed by atoms with Crippen LogP contribution in [0.1, 0.15) is 235 Å². The van der Waals surface area contributed by atoms with Crippen LogP contribution < -0.4 is 25.4 Å². The minimum Gasteiger partial charge on any atom is -0.497 e. The molecular formula is C105H170N4O26. The highest BCUT2D eigenvalue weighted by molar-refractivity contribution is 5.81. The Labute approximate surface area is 806 Å². The Bertz CT molecular complexity index is 3520. The number of ether oxygens (including phenoxy) is 19. The average molecular weight is 1900 g/mol. The maximum absolute atomic E-state index is 14.5. The van der Waals surface area contributed by atoms with Gasteiger partial charge in [-0.15, -0.1) is 0 Å².